The summed E-state index contributed by atoms with van der Waals surface area (Å²) in [6, 6.07) is 4.97. The number of nitro benzene ring substituents is 1. The van der Waals surface area contributed by atoms with Gasteiger partial charge >= 0.3 is 0 Å². The Kier molecular flexibility index (Phi) is 6.66. The molecule has 8 nitrogen and oxygen atoms in total. The Morgan fingerprint density at radius 3 is 2.37 bits per heavy atom. The van der Waals surface area contributed by atoms with Crippen LogP contribution in [0.25, 0.3) is 0 Å². The predicted octanol–water partition coefficient (Wildman–Crippen LogP) is 3.61. The molecule has 0 radical (unpaired) electrons. The maximum absolute atomic E-state index is 12.8. The van der Waals surface area contributed by atoms with Crippen LogP contribution < -0.4 is 0 Å². The molecule has 10 heteroatoms. The first-order valence-electron chi connectivity index (χ1n) is 8.30. The van der Waals surface area contributed by atoms with Crippen molar-refractivity contribution in [3.63, 3.8) is 0 Å². The van der Waals surface area contributed by atoms with E-state index < -0.39 is 14.9 Å². The SMILES string of the molecule is C=C(OC)S/N=C(\C)C1(C)CCN(S(=O)(=O)c2ccc([N+](=O)[O-])cc2)CC1. The highest BCUT2D eigenvalue weighted by atomic mass is 32.2. The molecule has 1 aliphatic heterocycles. The smallest absolute Gasteiger partial charge is 0.269 e. The lowest BCUT2D eigenvalue weighted by Gasteiger charge is -2.38. The van der Waals surface area contributed by atoms with Gasteiger partial charge in [0.05, 0.1) is 16.9 Å². The molecule has 27 heavy (non-hydrogen) atoms. The van der Waals surface area contributed by atoms with Gasteiger partial charge in [-0.25, -0.2) is 12.8 Å². The zero-order valence-corrected chi connectivity index (χ0v) is 17.2. The third-order valence-corrected chi connectivity index (χ3v) is 7.55. The second-order valence-electron chi connectivity index (χ2n) is 6.56. The molecule has 0 N–H and O–H groups in total. The lowest BCUT2D eigenvalue weighted by atomic mass is 9.77. The van der Waals surface area contributed by atoms with Crippen molar-refractivity contribution in [2.75, 3.05) is 20.2 Å². The molecule has 1 aromatic carbocycles. The Morgan fingerprint density at radius 1 is 1.33 bits per heavy atom. The number of methoxy groups -OCH3 is 1. The van der Waals surface area contributed by atoms with Gasteiger partial charge in [0.15, 0.2) is 5.09 Å². The second-order valence-corrected chi connectivity index (χ2v) is 9.32. The van der Waals surface area contributed by atoms with E-state index in [1.54, 1.807) is 0 Å². The molecule has 1 aromatic rings. The van der Waals surface area contributed by atoms with Crippen LogP contribution in [0.4, 0.5) is 5.69 Å². The highest BCUT2D eigenvalue weighted by Gasteiger charge is 2.37. The normalized spacial score (nSPS) is 18.1. The van der Waals surface area contributed by atoms with Gasteiger partial charge < -0.3 is 4.74 Å². The average Bonchev–Trinajstić information content (AvgIpc) is 2.66. The number of hydrogen-bond donors (Lipinski definition) is 0. The number of sulfonamides is 1. The van der Waals surface area contributed by atoms with E-state index in [1.807, 2.05) is 6.92 Å². The van der Waals surface area contributed by atoms with Crippen molar-refractivity contribution < 1.29 is 18.1 Å². The number of nitro groups is 1. The molecule has 1 fully saturated rings. The molecule has 0 saturated carbocycles. The molecule has 1 heterocycles. The first-order valence-corrected chi connectivity index (χ1v) is 10.5. The van der Waals surface area contributed by atoms with Crippen molar-refractivity contribution in [3.8, 4) is 0 Å². The summed E-state index contributed by atoms with van der Waals surface area (Å²) in [6.07, 6.45) is 1.27. The summed E-state index contributed by atoms with van der Waals surface area (Å²) >= 11 is 1.17. The van der Waals surface area contributed by atoms with Crippen LogP contribution in [-0.4, -0.2) is 43.6 Å². The third kappa shape index (κ3) is 4.88. The van der Waals surface area contributed by atoms with Gasteiger partial charge in [-0.15, -0.1) is 0 Å². The van der Waals surface area contributed by atoms with Gasteiger partial charge in [-0.1, -0.05) is 6.92 Å². The van der Waals surface area contributed by atoms with Crippen LogP contribution >= 0.6 is 11.9 Å². The molecule has 0 aromatic heterocycles. The Bertz CT molecular complexity index is 842. The minimum absolute atomic E-state index is 0.0639. The Hall–Kier alpha value is -1.91. The van der Waals surface area contributed by atoms with E-state index in [2.05, 4.69) is 17.9 Å². The summed E-state index contributed by atoms with van der Waals surface area (Å²) in [5.74, 6) is 0. The van der Waals surface area contributed by atoms with Crippen molar-refractivity contribution >= 4 is 33.4 Å². The van der Waals surface area contributed by atoms with E-state index in [1.165, 1.54) is 47.6 Å². The van der Waals surface area contributed by atoms with E-state index in [0.717, 1.165) is 5.71 Å². The first kappa shape index (κ1) is 21.4. The van der Waals surface area contributed by atoms with Crippen LogP contribution in [0.1, 0.15) is 26.7 Å². The fourth-order valence-electron chi connectivity index (χ4n) is 2.74. The van der Waals surface area contributed by atoms with Gasteiger partial charge in [0.2, 0.25) is 10.0 Å². The van der Waals surface area contributed by atoms with Crippen molar-refractivity contribution in [3.05, 3.63) is 46.0 Å². The lowest BCUT2D eigenvalue weighted by Crippen LogP contribution is -2.44. The molecular formula is C17H23N3O5S2. The van der Waals surface area contributed by atoms with E-state index in [0.29, 0.717) is 31.0 Å². The Balaban J connectivity index is 2.09. The molecule has 0 spiro atoms. The van der Waals surface area contributed by atoms with E-state index in [-0.39, 0.29) is 16.0 Å². The first-order chi connectivity index (χ1) is 12.6. The monoisotopic (exact) mass is 413 g/mol. The van der Waals surface area contributed by atoms with Crippen LogP contribution in [0.3, 0.4) is 0 Å². The van der Waals surface area contributed by atoms with Gasteiger partial charge in [-0.05, 0) is 38.5 Å². The number of hydrogen-bond acceptors (Lipinski definition) is 7. The fraction of sp³-hybridized carbons (Fsp3) is 0.471. The summed E-state index contributed by atoms with van der Waals surface area (Å²) in [5.41, 5.74) is 0.572. The highest BCUT2D eigenvalue weighted by Crippen LogP contribution is 2.36. The number of ether oxygens (including phenoxy) is 1. The van der Waals surface area contributed by atoms with Gasteiger partial charge in [-0.2, -0.15) is 4.31 Å². The van der Waals surface area contributed by atoms with Crippen molar-refractivity contribution in [2.24, 2.45) is 9.81 Å². The number of nitrogens with zero attached hydrogens (tertiary/aromatic N) is 3. The number of benzene rings is 1. The topological polar surface area (TPSA) is 102 Å². The van der Waals surface area contributed by atoms with Crippen LogP contribution in [0.5, 0.6) is 0 Å². The standard InChI is InChI=1S/C17H23N3O5S2/c1-13(18-26-14(2)25-4)17(3)9-11-19(12-10-17)27(23,24)16-7-5-15(6-8-16)20(21)22/h5-8H,2,9-12H2,1,3-4H3/b18-13+. The summed E-state index contributed by atoms with van der Waals surface area (Å²) < 4.78 is 36.4. The Labute approximate surface area is 163 Å². The molecule has 1 saturated heterocycles. The van der Waals surface area contributed by atoms with Gasteiger partial charge in [0.25, 0.3) is 5.69 Å². The third-order valence-electron chi connectivity index (χ3n) is 4.90. The zero-order valence-electron chi connectivity index (χ0n) is 15.5. The average molecular weight is 414 g/mol. The van der Waals surface area contributed by atoms with Crippen molar-refractivity contribution in [2.45, 2.75) is 31.6 Å². The number of non-ortho nitro benzene ring substituents is 1. The van der Waals surface area contributed by atoms with Crippen LogP contribution in [0.2, 0.25) is 0 Å². The summed E-state index contributed by atoms with van der Waals surface area (Å²) in [7, 11) is -2.15. The predicted molar refractivity (Wildman–Crippen MR) is 106 cm³/mol. The molecular weight excluding hydrogens is 390 g/mol. The molecule has 0 unspecified atom stereocenters. The van der Waals surface area contributed by atoms with Crippen LogP contribution in [0, 0.1) is 15.5 Å². The highest BCUT2D eigenvalue weighted by molar-refractivity contribution is 8.01. The van der Waals surface area contributed by atoms with Gasteiger partial charge in [0.1, 0.15) is 0 Å². The van der Waals surface area contributed by atoms with Crippen molar-refractivity contribution in [1.82, 2.24) is 4.31 Å². The summed E-state index contributed by atoms with van der Waals surface area (Å²) in [4.78, 5) is 10.2. The number of piperidine rings is 1. The molecule has 2 rings (SSSR count). The van der Waals surface area contributed by atoms with Crippen LogP contribution in [-0.2, 0) is 14.8 Å². The fourth-order valence-corrected chi connectivity index (χ4v) is 4.71. The Morgan fingerprint density at radius 2 is 1.89 bits per heavy atom. The van der Waals surface area contributed by atoms with E-state index in [4.69, 9.17) is 4.74 Å². The number of rotatable bonds is 7. The summed E-state index contributed by atoms with van der Waals surface area (Å²) in [6.45, 7) is 8.43. The molecule has 0 bridgehead atoms. The molecule has 0 amide bonds. The minimum atomic E-state index is -3.68. The van der Waals surface area contributed by atoms with Gasteiger partial charge in [0, 0.05) is 48.3 Å². The van der Waals surface area contributed by atoms with Crippen LogP contribution in [0.15, 0.2) is 45.2 Å². The maximum Gasteiger partial charge on any atom is 0.269 e. The van der Waals surface area contributed by atoms with E-state index in [9.17, 15) is 18.5 Å². The lowest BCUT2D eigenvalue weighted by molar-refractivity contribution is -0.384. The molecule has 1 aliphatic rings. The molecule has 0 atom stereocenters. The minimum Gasteiger partial charge on any atom is -0.489 e. The van der Waals surface area contributed by atoms with Crippen molar-refractivity contribution in [1.29, 1.82) is 0 Å². The quantitative estimate of drug-likeness (QED) is 0.222. The molecule has 0 aliphatic carbocycles. The zero-order chi connectivity index (χ0) is 20.2. The summed E-state index contributed by atoms with van der Waals surface area (Å²) in [5, 5.41) is 11.2. The maximum atomic E-state index is 12.8. The van der Waals surface area contributed by atoms with E-state index >= 15 is 0 Å². The second kappa shape index (κ2) is 8.41. The molecule has 148 valence electrons. The van der Waals surface area contributed by atoms with Gasteiger partial charge in [-0.3, -0.25) is 10.1 Å². The largest absolute Gasteiger partial charge is 0.489 e.